The van der Waals surface area contributed by atoms with Crippen LogP contribution in [0.3, 0.4) is 0 Å². The Bertz CT molecular complexity index is 786. The van der Waals surface area contributed by atoms with Gasteiger partial charge in [0.2, 0.25) is 5.91 Å². The second-order valence-electron chi connectivity index (χ2n) is 7.71. The third-order valence-electron chi connectivity index (χ3n) is 5.72. The van der Waals surface area contributed by atoms with E-state index in [4.69, 9.17) is 4.42 Å². The lowest BCUT2D eigenvalue weighted by atomic mass is 9.78. The average molecular weight is 356 g/mol. The molecule has 5 heteroatoms. The number of halogens is 1. The van der Waals surface area contributed by atoms with Gasteiger partial charge in [0.25, 0.3) is 0 Å². The van der Waals surface area contributed by atoms with Gasteiger partial charge in [0.15, 0.2) is 0 Å². The standard InChI is InChI=1S/C21H25FN2O2/c1-16-3-8-19(26-16)14-23-12-10-21(15-23)9-2-11-24(20(21)25)13-17-4-6-18(22)7-5-17/h3-8H,2,9-15H2,1H3/t21-/m1/s1. The predicted octanol–water partition coefficient (Wildman–Crippen LogP) is 3.74. The molecule has 4 nitrogen and oxygen atoms in total. The van der Waals surface area contributed by atoms with Gasteiger partial charge in [0, 0.05) is 19.6 Å². The van der Waals surface area contributed by atoms with E-state index in [1.807, 2.05) is 24.0 Å². The van der Waals surface area contributed by atoms with Gasteiger partial charge in [-0.15, -0.1) is 0 Å². The van der Waals surface area contributed by atoms with E-state index in [9.17, 15) is 9.18 Å². The molecule has 0 N–H and O–H groups in total. The molecule has 0 saturated carbocycles. The van der Waals surface area contributed by atoms with Crippen molar-refractivity contribution < 1.29 is 13.6 Å². The van der Waals surface area contributed by atoms with E-state index >= 15 is 0 Å². The second-order valence-corrected chi connectivity index (χ2v) is 7.71. The molecule has 0 aliphatic carbocycles. The number of aryl methyl sites for hydroxylation is 1. The van der Waals surface area contributed by atoms with E-state index in [0.717, 1.165) is 62.5 Å². The predicted molar refractivity (Wildman–Crippen MR) is 96.8 cm³/mol. The minimum Gasteiger partial charge on any atom is -0.465 e. The first-order valence-electron chi connectivity index (χ1n) is 9.36. The highest BCUT2D eigenvalue weighted by Crippen LogP contribution is 2.41. The van der Waals surface area contributed by atoms with Crippen LogP contribution in [0.1, 0.15) is 36.3 Å². The first-order valence-corrected chi connectivity index (χ1v) is 9.36. The van der Waals surface area contributed by atoms with E-state index < -0.39 is 0 Å². The Balaban J connectivity index is 1.43. The summed E-state index contributed by atoms with van der Waals surface area (Å²) >= 11 is 0. The fourth-order valence-corrected chi connectivity index (χ4v) is 4.38. The van der Waals surface area contributed by atoms with Gasteiger partial charge >= 0.3 is 0 Å². The molecule has 3 heterocycles. The second kappa shape index (κ2) is 6.88. The van der Waals surface area contributed by atoms with Gasteiger partial charge in [0.1, 0.15) is 17.3 Å². The van der Waals surface area contributed by atoms with Gasteiger partial charge < -0.3 is 9.32 Å². The van der Waals surface area contributed by atoms with Crippen molar-refractivity contribution in [3.8, 4) is 0 Å². The van der Waals surface area contributed by atoms with Crippen LogP contribution in [0.4, 0.5) is 4.39 Å². The third kappa shape index (κ3) is 3.40. The third-order valence-corrected chi connectivity index (χ3v) is 5.72. The number of carbonyl (C=O) groups is 1. The zero-order valence-corrected chi connectivity index (χ0v) is 15.2. The van der Waals surface area contributed by atoms with Crippen molar-refractivity contribution in [1.29, 1.82) is 0 Å². The van der Waals surface area contributed by atoms with Crippen molar-refractivity contribution >= 4 is 5.91 Å². The number of carbonyl (C=O) groups excluding carboxylic acids is 1. The van der Waals surface area contributed by atoms with Crippen LogP contribution >= 0.6 is 0 Å². The van der Waals surface area contributed by atoms with Crippen molar-refractivity contribution in [3.63, 3.8) is 0 Å². The Morgan fingerprint density at radius 1 is 1.08 bits per heavy atom. The highest BCUT2D eigenvalue weighted by molar-refractivity contribution is 5.84. The zero-order valence-electron chi connectivity index (χ0n) is 15.2. The Kier molecular flexibility index (Phi) is 4.57. The molecule has 1 amide bonds. The van der Waals surface area contributed by atoms with Crippen molar-refractivity contribution in [2.45, 2.75) is 39.3 Å². The normalized spacial score (nSPS) is 23.9. The number of likely N-dealkylation sites (tertiary alicyclic amines) is 2. The van der Waals surface area contributed by atoms with Crippen molar-refractivity contribution in [2.75, 3.05) is 19.6 Å². The van der Waals surface area contributed by atoms with E-state index in [-0.39, 0.29) is 17.1 Å². The van der Waals surface area contributed by atoms with Gasteiger partial charge in [-0.3, -0.25) is 9.69 Å². The Morgan fingerprint density at radius 3 is 2.62 bits per heavy atom. The summed E-state index contributed by atoms with van der Waals surface area (Å²) in [6.45, 7) is 5.79. The molecule has 4 rings (SSSR count). The highest BCUT2D eigenvalue weighted by Gasteiger charge is 2.48. The first-order chi connectivity index (χ1) is 12.5. The topological polar surface area (TPSA) is 36.7 Å². The minimum absolute atomic E-state index is 0.241. The first kappa shape index (κ1) is 17.3. The maximum atomic E-state index is 13.2. The summed E-state index contributed by atoms with van der Waals surface area (Å²) in [5, 5.41) is 0. The SMILES string of the molecule is Cc1ccc(CN2CC[C@]3(CCCN(Cc4ccc(F)cc4)C3=O)C2)o1. The molecule has 2 aliphatic heterocycles. The van der Waals surface area contributed by atoms with Crippen LogP contribution in [-0.4, -0.2) is 35.3 Å². The van der Waals surface area contributed by atoms with Gasteiger partial charge in [-0.1, -0.05) is 12.1 Å². The number of nitrogens with zero attached hydrogens (tertiary/aromatic N) is 2. The molecular weight excluding hydrogens is 331 g/mol. The van der Waals surface area contributed by atoms with Gasteiger partial charge in [-0.05, 0) is 62.6 Å². The molecule has 1 atom stereocenters. The lowest BCUT2D eigenvalue weighted by molar-refractivity contribution is -0.146. The van der Waals surface area contributed by atoms with Crippen LogP contribution in [0.2, 0.25) is 0 Å². The number of hydrogen-bond acceptors (Lipinski definition) is 3. The molecule has 138 valence electrons. The van der Waals surface area contributed by atoms with Gasteiger partial charge in [0.05, 0.1) is 12.0 Å². The summed E-state index contributed by atoms with van der Waals surface area (Å²) in [6.07, 6.45) is 2.89. The van der Waals surface area contributed by atoms with Crippen molar-refractivity contribution in [2.24, 2.45) is 5.41 Å². The Hall–Kier alpha value is -2.14. The highest BCUT2D eigenvalue weighted by atomic mass is 19.1. The van der Waals surface area contributed by atoms with E-state index in [1.165, 1.54) is 12.1 Å². The van der Waals surface area contributed by atoms with Gasteiger partial charge in [-0.25, -0.2) is 4.39 Å². The number of piperidine rings is 1. The molecule has 0 bridgehead atoms. The van der Waals surface area contributed by atoms with E-state index in [0.29, 0.717) is 6.54 Å². The molecule has 1 spiro atoms. The number of furan rings is 1. The van der Waals surface area contributed by atoms with Crippen LogP contribution in [0.25, 0.3) is 0 Å². The van der Waals surface area contributed by atoms with Crippen LogP contribution in [0.15, 0.2) is 40.8 Å². The maximum Gasteiger partial charge on any atom is 0.230 e. The van der Waals surface area contributed by atoms with Crippen molar-refractivity contribution in [3.05, 3.63) is 59.3 Å². The number of benzene rings is 1. The molecule has 26 heavy (non-hydrogen) atoms. The molecule has 0 unspecified atom stereocenters. The molecule has 2 fully saturated rings. The fourth-order valence-electron chi connectivity index (χ4n) is 4.38. The maximum absolute atomic E-state index is 13.2. The van der Waals surface area contributed by atoms with Crippen LogP contribution in [0.5, 0.6) is 0 Å². The smallest absolute Gasteiger partial charge is 0.230 e. The average Bonchev–Trinajstić information content (AvgIpc) is 3.21. The summed E-state index contributed by atoms with van der Waals surface area (Å²) in [7, 11) is 0. The summed E-state index contributed by atoms with van der Waals surface area (Å²) in [6, 6.07) is 10.5. The molecule has 1 aromatic carbocycles. The summed E-state index contributed by atoms with van der Waals surface area (Å²) in [4.78, 5) is 17.5. The van der Waals surface area contributed by atoms with E-state index in [2.05, 4.69) is 4.90 Å². The molecule has 2 saturated heterocycles. The molecular formula is C21H25FN2O2. The number of hydrogen-bond donors (Lipinski definition) is 0. The number of rotatable bonds is 4. The minimum atomic E-state index is -0.264. The van der Waals surface area contributed by atoms with Crippen LogP contribution in [-0.2, 0) is 17.9 Å². The summed E-state index contributed by atoms with van der Waals surface area (Å²) < 4.78 is 18.8. The van der Waals surface area contributed by atoms with Gasteiger partial charge in [-0.2, -0.15) is 0 Å². The molecule has 0 radical (unpaired) electrons. The Labute approximate surface area is 153 Å². The van der Waals surface area contributed by atoms with E-state index in [1.54, 1.807) is 12.1 Å². The molecule has 2 aromatic rings. The van der Waals surface area contributed by atoms with Crippen LogP contribution < -0.4 is 0 Å². The van der Waals surface area contributed by atoms with Crippen molar-refractivity contribution in [1.82, 2.24) is 9.80 Å². The Morgan fingerprint density at radius 2 is 1.88 bits per heavy atom. The zero-order chi connectivity index (χ0) is 18.1. The fraction of sp³-hybridized carbons (Fsp3) is 0.476. The number of amides is 1. The lowest BCUT2D eigenvalue weighted by Crippen LogP contribution is -2.49. The quantitative estimate of drug-likeness (QED) is 0.837. The van der Waals surface area contributed by atoms with Crippen LogP contribution in [0, 0.1) is 18.2 Å². The molecule has 1 aromatic heterocycles. The largest absolute Gasteiger partial charge is 0.465 e. The molecule has 2 aliphatic rings. The monoisotopic (exact) mass is 356 g/mol. The summed E-state index contributed by atoms with van der Waals surface area (Å²) in [5.41, 5.74) is 0.720. The lowest BCUT2D eigenvalue weighted by Gasteiger charge is -2.39. The summed E-state index contributed by atoms with van der Waals surface area (Å²) in [5.74, 6) is 1.90.